The van der Waals surface area contributed by atoms with E-state index in [9.17, 15) is 4.79 Å². The van der Waals surface area contributed by atoms with E-state index in [1.165, 1.54) is 0 Å². The fourth-order valence-corrected chi connectivity index (χ4v) is 3.39. The first kappa shape index (κ1) is 23.1. The highest BCUT2D eigenvalue weighted by atomic mass is 16.5. The van der Waals surface area contributed by atoms with Crippen LogP contribution in [0.25, 0.3) is 22.7 Å². The second kappa shape index (κ2) is 11.1. The van der Waals surface area contributed by atoms with Gasteiger partial charge in [0.1, 0.15) is 23.6 Å². The molecule has 0 spiro atoms. The van der Waals surface area contributed by atoms with Crippen molar-refractivity contribution in [2.75, 3.05) is 13.2 Å². The number of hydrogen-bond donors (Lipinski definition) is 0. The van der Waals surface area contributed by atoms with Crippen LogP contribution in [-0.4, -0.2) is 24.0 Å². The Morgan fingerprint density at radius 3 is 2.38 bits per heavy atom. The number of hydrogen-bond acceptors (Lipinski definition) is 5. The van der Waals surface area contributed by atoms with Gasteiger partial charge < -0.3 is 13.9 Å². The van der Waals surface area contributed by atoms with E-state index in [1.54, 1.807) is 24.3 Å². The highest BCUT2D eigenvalue weighted by Gasteiger charge is 2.20. The van der Waals surface area contributed by atoms with Crippen molar-refractivity contribution < 1.29 is 18.7 Å². The summed E-state index contributed by atoms with van der Waals surface area (Å²) in [5.74, 6) is 1.57. The summed E-state index contributed by atoms with van der Waals surface area (Å²) in [4.78, 5) is 18.1. The number of ether oxygens (including phenoxy) is 2. The van der Waals surface area contributed by atoms with Crippen LogP contribution in [-0.2, 0) is 0 Å². The van der Waals surface area contributed by atoms with Crippen molar-refractivity contribution >= 4 is 28.5 Å². The number of rotatable bonds is 11. The number of nitrogens with zero attached hydrogens (tertiary/aromatic N) is 1. The van der Waals surface area contributed by atoms with Crippen LogP contribution in [0.4, 0.5) is 0 Å². The lowest BCUT2D eigenvalue weighted by atomic mass is 10.0. The van der Waals surface area contributed by atoms with E-state index in [1.807, 2.05) is 60.7 Å². The minimum Gasteiger partial charge on any atom is -0.494 e. The maximum absolute atomic E-state index is 13.6. The fraction of sp³-hybridized carbons (Fsp3) is 0.172. The second-order valence-electron chi connectivity index (χ2n) is 7.77. The van der Waals surface area contributed by atoms with Gasteiger partial charge in [-0.15, -0.1) is 0 Å². The molecule has 4 aromatic rings. The number of carbonyl (C=O) groups excluding carboxylic acids is 1. The maximum Gasteiger partial charge on any atom is 0.231 e. The number of carbonyl (C=O) groups is 1. The topological polar surface area (TPSA) is 61.6 Å². The number of Topliss-reactive ketones (excluding diaryl/α,β-unsaturated/α-hetero) is 1. The number of fused-ring (bicyclic) bond motifs is 1. The van der Waals surface area contributed by atoms with Crippen LogP contribution in [0.3, 0.4) is 0 Å². The Morgan fingerprint density at radius 2 is 1.68 bits per heavy atom. The molecule has 0 fully saturated rings. The third-order valence-corrected chi connectivity index (χ3v) is 5.21. The van der Waals surface area contributed by atoms with Gasteiger partial charge in [-0.05, 0) is 66.6 Å². The Balaban J connectivity index is 1.66. The zero-order chi connectivity index (χ0) is 23.8. The highest BCUT2D eigenvalue weighted by molar-refractivity contribution is 6.31. The van der Waals surface area contributed by atoms with Crippen molar-refractivity contribution in [3.8, 4) is 11.5 Å². The average molecular weight is 454 g/mol. The van der Waals surface area contributed by atoms with Crippen LogP contribution in [0.1, 0.15) is 41.6 Å². The fourth-order valence-electron chi connectivity index (χ4n) is 3.39. The minimum atomic E-state index is -0.182. The number of allylic oxidation sites excluding steroid dienone is 1. The summed E-state index contributed by atoms with van der Waals surface area (Å²) in [6, 6.07) is 22.1. The monoisotopic (exact) mass is 453 g/mol. The molecule has 0 aliphatic carbocycles. The predicted molar refractivity (Wildman–Crippen MR) is 135 cm³/mol. The Kier molecular flexibility index (Phi) is 7.56. The largest absolute Gasteiger partial charge is 0.494 e. The molecule has 172 valence electrons. The van der Waals surface area contributed by atoms with Gasteiger partial charge in [0.05, 0.1) is 12.2 Å². The molecule has 0 N–H and O–H groups in total. The molecule has 0 saturated carbocycles. The molecule has 0 amide bonds. The molecule has 1 heterocycles. The molecule has 0 saturated heterocycles. The lowest BCUT2D eigenvalue weighted by Gasteiger charge is -2.08. The summed E-state index contributed by atoms with van der Waals surface area (Å²) in [7, 11) is 0. The third-order valence-electron chi connectivity index (χ3n) is 5.21. The van der Waals surface area contributed by atoms with Crippen molar-refractivity contribution in [3.05, 3.63) is 102 Å². The molecule has 5 nitrogen and oxygen atoms in total. The van der Waals surface area contributed by atoms with Crippen molar-refractivity contribution in [2.24, 2.45) is 0 Å². The van der Waals surface area contributed by atoms with Gasteiger partial charge in [0, 0.05) is 5.56 Å². The van der Waals surface area contributed by atoms with E-state index < -0.39 is 0 Å². The highest BCUT2D eigenvalue weighted by Crippen LogP contribution is 2.27. The summed E-state index contributed by atoms with van der Waals surface area (Å²) in [6.07, 6.45) is 5.53. The van der Waals surface area contributed by atoms with Gasteiger partial charge in [-0.25, -0.2) is 4.98 Å². The van der Waals surface area contributed by atoms with Crippen LogP contribution in [0.2, 0.25) is 0 Å². The Morgan fingerprint density at radius 1 is 0.971 bits per heavy atom. The Hall–Kier alpha value is -4.12. The van der Waals surface area contributed by atoms with Gasteiger partial charge in [0.15, 0.2) is 11.4 Å². The molecule has 0 aliphatic heterocycles. The van der Waals surface area contributed by atoms with E-state index in [-0.39, 0.29) is 11.7 Å². The first-order valence-electron chi connectivity index (χ1n) is 11.4. The third kappa shape index (κ3) is 5.62. The van der Waals surface area contributed by atoms with Gasteiger partial charge in [-0.3, -0.25) is 4.79 Å². The number of ketones is 1. The van der Waals surface area contributed by atoms with Crippen LogP contribution < -0.4 is 9.47 Å². The quantitative estimate of drug-likeness (QED) is 0.106. The van der Waals surface area contributed by atoms with Gasteiger partial charge in [0.2, 0.25) is 5.89 Å². The zero-order valence-corrected chi connectivity index (χ0v) is 19.2. The van der Waals surface area contributed by atoms with Crippen molar-refractivity contribution in [1.29, 1.82) is 0 Å². The normalized spacial score (nSPS) is 11.4. The molecule has 34 heavy (non-hydrogen) atoms. The first-order chi connectivity index (χ1) is 16.7. The van der Waals surface area contributed by atoms with Crippen LogP contribution in [0.15, 0.2) is 89.9 Å². The summed E-state index contributed by atoms with van der Waals surface area (Å²) >= 11 is 0. The van der Waals surface area contributed by atoms with Gasteiger partial charge in [0.25, 0.3) is 0 Å². The first-order valence-corrected chi connectivity index (χ1v) is 11.4. The molecule has 0 atom stereocenters. The predicted octanol–water partition coefficient (Wildman–Crippen LogP) is 7.00. The summed E-state index contributed by atoms with van der Waals surface area (Å²) in [6.45, 7) is 6.86. The molecule has 3 aromatic carbocycles. The van der Waals surface area contributed by atoms with E-state index in [2.05, 4.69) is 18.5 Å². The number of oxazole rings is 1. The van der Waals surface area contributed by atoms with E-state index in [0.717, 1.165) is 29.9 Å². The van der Waals surface area contributed by atoms with E-state index in [4.69, 9.17) is 13.9 Å². The smallest absolute Gasteiger partial charge is 0.231 e. The minimum absolute atomic E-state index is 0.182. The zero-order valence-electron chi connectivity index (χ0n) is 19.2. The van der Waals surface area contributed by atoms with Crippen molar-refractivity contribution in [2.45, 2.75) is 19.8 Å². The van der Waals surface area contributed by atoms with Crippen LogP contribution >= 0.6 is 0 Å². The summed E-state index contributed by atoms with van der Waals surface area (Å²) < 4.78 is 17.2. The van der Waals surface area contributed by atoms with Crippen LogP contribution in [0, 0.1) is 0 Å². The van der Waals surface area contributed by atoms with Crippen molar-refractivity contribution in [1.82, 2.24) is 4.98 Å². The van der Waals surface area contributed by atoms with Gasteiger partial charge in [-0.2, -0.15) is 0 Å². The molecule has 0 radical (unpaired) electrons. The molecular formula is C29H27NO4. The van der Waals surface area contributed by atoms with Gasteiger partial charge in [-0.1, -0.05) is 50.3 Å². The molecule has 0 aliphatic rings. The summed E-state index contributed by atoms with van der Waals surface area (Å²) in [5, 5.41) is 0. The molecule has 0 bridgehead atoms. The lowest BCUT2D eigenvalue weighted by Crippen LogP contribution is -2.04. The number of unbranched alkanes of at least 4 members (excludes halogenated alkanes) is 1. The lowest BCUT2D eigenvalue weighted by molar-refractivity contribution is 0.105. The van der Waals surface area contributed by atoms with E-state index in [0.29, 0.717) is 35.5 Å². The number of para-hydroxylation sites is 2. The second-order valence-corrected chi connectivity index (χ2v) is 7.77. The molecule has 0 unspecified atom stereocenters. The summed E-state index contributed by atoms with van der Waals surface area (Å²) in [5.41, 5.74) is 3.06. The van der Waals surface area contributed by atoms with Crippen molar-refractivity contribution in [3.63, 3.8) is 0 Å². The Bertz CT molecular complexity index is 1250. The van der Waals surface area contributed by atoms with Gasteiger partial charge >= 0.3 is 0 Å². The molecular weight excluding hydrogens is 426 g/mol. The molecule has 1 aromatic heterocycles. The number of benzene rings is 3. The van der Waals surface area contributed by atoms with E-state index >= 15 is 0 Å². The maximum atomic E-state index is 13.6. The standard InChI is InChI=1S/C29H27NO4/c1-3-5-19-33-24-16-12-22(13-17-24)28(31)25(29-30-26-8-6-7-9-27(26)34-29)20-21-10-14-23(15-11-21)32-18-4-2/h4,6-17,20H,2-3,5,18-19H2,1H3. The molecule has 5 heteroatoms. The molecule has 4 rings (SSSR count). The number of aromatic nitrogens is 1. The SMILES string of the molecule is C=CCOc1ccc(C=C(C(=O)c2ccc(OCCCC)cc2)c2nc3ccccc3o2)cc1. The Labute approximate surface area is 199 Å². The average Bonchev–Trinajstić information content (AvgIpc) is 3.31. The van der Waals surface area contributed by atoms with Crippen LogP contribution in [0.5, 0.6) is 11.5 Å².